The number of benzene rings is 1. The summed E-state index contributed by atoms with van der Waals surface area (Å²) in [5.74, 6) is -0.116. The van der Waals surface area contributed by atoms with Crippen molar-refractivity contribution in [1.82, 2.24) is 0 Å². The molecule has 0 nitrogen and oxygen atoms in total. The van der Waals surface area contributed by atoms with Gasteiger partial charge in [0.2, 0.25) is 0 Å². The van der Waals surface area contributed by atoms with Crippen molar-refractivity contribution in [3.05, 3.63) is 52.3 Å². The van der Waals surface area contributed by atoms with Crippen LogP contribution in [0.4, 0.5) is 4.39 Å². The molecule has 2 rings (SSSR count). The molecule has 0 bridgehead atoms. The predicted molar refractivity (Wildman–Crippen MR) is 60.7 cm³/mol. The molecule has 0 saturated carbocycles. The number of allylic oxidation sites excluding steroid dienone is 4. The lowest BCUT2D eigenvalue weighted by Gasteiger charge is -2.12. The Hall–Kier alpha value is -0.890. The van der Waals surface area contributed by atoms with E-state index in [0.717, 1.165) is 28.5 Å². The van der Waals surface area contributed by atoms with Gasteiger partial charge in [0.25, 0.3) is 0 Å². The summed E-state index contributed by atoms with van der Waals surface area (Å²) in [5.41, 5.74) is 1.80. The fourth-order valence-corrected chi connectivity index (χ4v) is 1.98. The van der Waals surface area contributed by atoms with Gasteiger partial charge in [0, 0.05) is 0 Å². The van der Waals surface area contributed by atoms with E-state index in [0.29, 0.717) is 0 Å². The molecule has 1 aromatic carbocycles. The minimum absolute atomic E-state index is 0.116. The van der Waals surface area contributed by atoms with Gasteiger partial charge in [-0.3, -0.25) is 0 Å². The Morgan fingerprint density at radius 2 is 1.79 bits per heavy atom. The Bertz CT molecular complexity index is 390. The normalized spacial score (nSPS) is 16.9. The Morgan fingerprint density at radius 1 is 1.07 bits per heavy atom. The minimum Gasteiger partial charge on any atom is -0.207 e. The molecule has 72 valence electrons. The van der Waals surface area contributed by atoms with Crippen molar-refractivity contribution in [3.63, 3.8) is 0 Å². The molecular weight excluding hydrogens is 243 g/mol. The molecule has 0 heterocycles. The summed E-state index contributed by atoms with van der Waals surface area (Å²) in [6.45, 7) is 0. The van der Waals surface area contributed by atoms with E-state index >= 15 is 0 Å². The highest BCUT2D eigenvalue weighted by Crippen LogP contribution is 2.33. The summed E-state index contributed by atoms with van der Waals surface area (Å²) in [6.07, 6.45) is 3.22. The van der Waals surface area contributed by atoms with E-state index in [1.54, 1.807) is 6.08 Å². The first kappa shape index (κ1) is 9.66. The molecule has 1 aliphatic rings. The van der Waals surface area contributed by atoms with Crippen molar-refractivity contribution >= 4 is 21.5 Å². The van der Waals surface area contributed by atoms with E-state index in [4.69, 9.17) is 0 Å². The van der Waals surface area contributed by atoms with Crippen LogP contribution in [0.15, 0.2) is 46.7 Å². The van der Waals surface area contributed by atoms with Gasteiger partial charge in [-0.1, -0.05) is 46.3 Å². The maximum atomic E-state index is 13.6. The lowest BCUT2D eigenvalue weighted by atomic mass is 9.97. The van der Waals surface area contributed by atoms with E-state index in [-0.39, 0.29) is 5.83 Å². The molecule has 1 aliphatic carbocycles. The van der Waals surface area contributed by atoms with Crippen LogP contribution in [-0.4, -0.2) is 0 Å². The van der Waals surface area contributed by atoms with E-state index in [1.165, 1.54) is 0 Å². The zero-order chi connectivity index (χ0) is 9.97. The zero-order valence-electron chi connectivity index (χ0n) is 7.63. The zero-order valence-corrected chi connectivity index (χ0v) is 9.22. The van der Waals surface area contributed by atoms with Crippen molar-refractivity contribution in [2.45, 2.75) is 12.8 Å². The third-order valence-corrected chi connectivity index (χ3v) is 2.93. The van der Waals surface area contributed by atoms with Crippen molar-refractivity contribution in [2.24, 2.45) is 0 Å². The van der Waals surface area contributed by atoms with Gasteiger partial charge in [-0.25, -0.2) is 4.39 Å². The van der Waals surface area contributed by atoms with Gasteiger partial charge in [-0.05, 0) is 34.5 Å². The fraction of sp³-hybridized carbons (Fsp3) is 0.167. The van der Waals surface area contributed by atoms with Gasteiger partial charge in [-0.2, -0.15) is 0 Å². The van der Waals surface area contributed by atoms with E-state index in [1.807, 2.05) is 30.3 Å². The average Bonchev–Trinajstić information content (AvgIpc) is 2.19. The number of hydrogen-bond donors (Lipinski definition) is 0. The van der Waals surface area contributed by atoms with Gasteiger partial charge in [-0.15, -0.1) is 0 Å². The maximum Gasteiger partial charge on any atom is 0.127 e. The highest BCUT2D eigenvalue weighted by atomic mass is 79.9. The summed E-state index contributed by atoms with van der Waals surface area (Å²) in [7, 11) is 0. The molecule has 1 aromatic rings. The quantitative estimate of drug-likeness (QED) is 0.694. The first-order valence-electron chi connectivity index (χ1n) is 4.57. The van der Waals surface area contributed by atoms with E-state index in [9.17, 15) is 4.39 Å². The molecule has 2 heteroatoms. The van der Waals surface area contributed by atoms with Crippen molar-refractivity contribution < 1.29 is 4.39 Å². The second-order valence-corrected chi connectivity index (χ2v) is 4.30. The highest BCUT2D eigenvalue weighted by Gasteiger charge is 2.13. The smallest absolute Gasteiger partial charge is 0.127 e. The second-order valence-electron chi connectivity index (χ2n) is 3.28. The third kappa shape index (κ3) is 1.95. The summed E-state index contributed by atoms with van der Waals surface area (Å²) < 4.78 is 14.5. The van der Waals surface area contributed by atoms with Crippen LogP contribution < -0.4 is 0 Å². The minimum atomic E-state index is -0.116. The van der Waals surface area contributed by atoms with Crippen molar-refractivity contribution in [3.8, 4) is 0 Å². The average molecular weight is 253 g/mol. The summed E-state index contributed by atoms with van der Waals surface area (Å²) in [6, 6.07) is 9.70. The molecule has 0 aromatic heterocycles. The molecule has 0 saturated heterocycles. The van der Waals surface area contributed by atoms with Gasteiger partial charge in [0.15, 0.2) is 0 Å². The predicted octanol–water partition coefficient (Wildman–Crippen LogP) is 4.44. The molecule has 14 heavy (non-hydrogen) atoms. The summed E-state index contributed by atoms with van der Waals surface area (Å²) in [5, 5.41) is 0. The third-order valence-electron chi connectivity index (χ3n) is 2.31. The largest absolute Gasteiger partial charge is 0.207 e. The molecule has 0 radical (unpaired) electrons. The van der Waals surface area contributed by atoms with Crippen LogP contribution >= 0.6 is 15.9 Å². The van der Waals surface area contributed by atoms with Crippen LogP contribution in [0.25, 0.3) is 5.57 Å². The van der Waals surface area contributed by atoms with Gasteiger partial charge in [0.1, 0.15) is 5.83 Å². The molecule has 0 atom stereocenters. The van der Waals surface area contributed by atoms with Crippen LogP contribution in [-0.2, 0) is 0 Å². The summed E-state index contributed by atoms with van der Waals surface area (Å²) in [4.78, 5) is 0. The van der Waals surface area contributed by atoms with Crippen LogP contribution in [0.2, 0.25) is 0 Å². The molecule has 0 aliphatic heterocycles. The molecule has 0 N–H and O–H groups in total. The fourth-order valence-electron chi connectivity index (χ4n) is 1.58. The van der Waals surface area contributed by atoms with E-state index in [2.05, 4.69) is 15.9 Å². The number of halogens is 2. The lowest BCUT2D eigenvalue weighted by molar-refractivity contribution is 0.658. The molecular formula is C12H10BrF. The maximum absolute atomic E-state index is 13.6. The summed E-state index contributed by atoms with van der Waals surface area (Å²) >= 11 is 3.32. The van der Waals surface area contributed by atoms with Crippen LogP contribution in [0, 0.1) is 0 Å². The van der Waals surface area contributed by atoms with Crippen LogP contribution in [0.3, 0.4) is 0 Å². The molecule has 0 fully saturated rings. The Kier molecular flexibility index (Phi) is 2.82. The van der Waals surface area contributed by atoms with Crippen LogP contribution in [0.5, 0.6) is 0 Å². The van der Waals surface area contributed by atoms with Gasteiger partial charge >= 0.3 is 0 Å². The monoisotopic (exact) mass is 252 g/mol. The number of hydrogen-bond acceptors (Lipinski definition) is 0. The Morgan fingerprint density at radius 3 is 2.43 bits per heavy atom. The molecule has 0 spiro atoms. The van der Waals surface area contributed by atoms with Gasteiger partial charge in [0.05, 0.1) is 0 Å². The van der Waals surface area contributed by atoms with Gasteiger partial charge < -0.3 is 0 Å². The molecule has 0 unspecified atom stereocenters. The second kappa shape index (κ2) is 4.09. The first-order chi connectivity index (χ1) is 6.77. The topological polar surface area (TPSA) is 0 Å². The Balaban J connectivity index is 2.41. The SMILES string of the molecule is FC1=C(c2ccccc2)CCC(Br)=C1. The number of rotatable bonds is 1. The molecule has 0 amide bonds. The highest BCUT2D eigenvalue weighted by molar-refractivity contribution is 9.11. The Labute approximate surface area is 91.3 Å². The van der Waals surface area contributed by atoms with E-state index < -0.39 is 0 Å². The van der Waals surface area contributed by atoms with Crippen molar-refractivity contribution in [1.29, 1.82) is 0 Å². The van der Waals surface area contributed by atoms with Crippen molar-refractivity contribution in [2.75, 3.05) is 0 Å². The standard InChI is InChI=1S/C12H10BrF/c13-10-6-7-11(12(14)8-10)9-4-2-1-3-5-9/h1-5,8H,6-7H2. The first-order valence-corrected chi connectivity index (χ1v) is 5.37. The lowest BCUT2D eigenvalue weighted by Crippen LogP contribution is -1.93. The van der Waals surface area contributed by atoms with Crippen LogP contribution in [0.1, 0.15) is 18.4 Å².